The van der Waals surface area contributed by atoms with E-state index in [9.17, 15) is 24.8 Å². The SMILES string of the molecule is CC(=O)OCC(O)(C#N)[C@H]1CC[C@H]2[C@@H]3CCC4CC(=O)CC[C@]4(C)[C@H]3C(=O)C[C@]12C. The molecule has 164 valence electrons. The quantitative estimate of drug-likeness (QED) is 0.561. The number of aliphatic hydroxyl groups is 1. The monoisotopic (exact) mass is 415 g/mol. The summed E-state index contributed by atoms with van der Waals surface area (Å²) in [5.41, 5.74) is -2.37. The van der Waals surface area contributed by atoms with Crippen LogP contribution in [0.1, 0.15) is 72.1 Å². The van der Waals surface area contributed by atoms with Gasteiger partial charge in [-0.3, -0.25) is 14.4 Å². The molecule has 4 rings (SSSR count). The van der Waals surface area contributed by atoms with Crippen molar-refractivity contribution in [2.24, 2.45) is 40.4 Å². The number of nitriles is 1. The molecule has 4 aliphatic rings. The van der Waals surface area contributed by atoms with Gasteiger partial charge in [-0.2, -0.15) is 5.26 Å². The van der Waals surface area contributed by atoms with Crippen LogP contribution < -0.4 is 0 Å². The molecule has 0 aromatic heterocycles. The number of carbonyl (C=O) groups is 3. The van der Waals surface area contributed by atoms with Gasteiger partial charge in [0.25, 0.3) is 0 Å². The fraction of sp³-hybridized carbons (Fsp3) is 0.833. The summed E-state index contributed by atoms with van der Waals surface area (Å²) in [6.07, 6.45) is 5.77. The van der Waals surface area contributed by atoms with Gasteiger partial charge in [-0.15, -0.1) is 0 Å². The van der Waals surface area contributed by atoms with Gasteiger partial charge < -0.3 is 9.84 Å². The van der Waals surface area contributed by atoms with Gasteiger partial charge >= 0.3 is 5.97 Å². The van der Waals surface area contributed by atoms with E-state index in [1.165, 1.54) is 6.92 Å². The number of ketones is 2. The lowest BCUT2D eigenvalue weighted by atomic mass is 9.44. The van der Waals surface area contributed by atoms with E-state index >= 15 is 0 Å². The minimum absolute atomic E-state index is 0.0233. The average molecular weight is 416 g/mol. The maximum atomic E-state index is 13.6. The minimum atomic E-state index is -1.78. The summed E-state index contributed by atoms with van der Waals surface area (Å²) in [4.78, 5) is 37.0. The number of carbonyl (C=O) groups excluding carboxylic acids is 3. The highest BCUT2D eigenvalue weighted by molar-refractivity contribution is 5.85. The van der Waals surface area contributed by atoms with E-state index in [1.807, 2.05) is 6.07 Å². The van der Waals surface area contributed by atoms with Crippen molar-refractivity contribution in [1.29, 1.82) is 5.26 Å². The zero-order valence-corrected chi connectivity index (χ0v) is 18.3. The third kappa shape index (κ3) is 3.04. The van der Waals surface area contributed by atoms with Gasteiger partial charge in [-0.1, -0.05) is 13.8 Å². The van der Waals surface area contributed by atoms with E-state index in [2.05, 4.69) is 13.8 Å². The lowest BCUT2D eigenvalue weighted by molar-refractivity contribution is -0.168. The molecule has 4 saturated carbocycles. The average Bonchev–Trinajstić information content (AvgIpc) is 3.03. The molecule has 0 bridgehead atoms. The lowest BCUT2D eigenvalue weighted by Crippen LogP contribution is -2.59. The maximum Gasteiger partial charge on any atom is 0.302 e. The van der Waals surface area contributed by atoms with E-state index in [4.69, 9.17) is 4.74 Å². The Labute approximate surface area is 178 Å². The second-order valence-corrected chi connectivity index (χ2v) is 10.9. The van der Waals surface area contributed by atoms with Gasteiger partial charge in [0.2, 0.25) is 0 Å². The van der Waals surface area contributed by atoms with Crippen LogP contribution in [0.5, 0.6) is 0 Å². The Balaban J connectivity index is 1.64. The number of rotatable bonds is 3. The third-order valence-corrected chi connectivity index (χ3v) is 9.43. The molecular formula is C24H33NO5. The molecule has 4 fully saturated rings. The summed E-state index contributed by atoms with van der Waals surface area (Å²) in [7, 11) is 0. The number of esters is 1. The topological polar surface area (TPSA) is 104 Å². The Morgan fingerprint density at radius 3 is 2.63 bits per heavy atom. The number of fused-ring (bicyclic) bond motifs is 5. The molecule has 0 radical (unpaired) electrons. The van der Waals surface area contributed by atoms with E-state index < -0.39 is 22.9 Å². The Bertz CT molecular complexity index is 817. The molecule has 1 N–H and O–H groups in total. The van der Waals surface area contributed by atoms with Crippen LogP contribution in [-0.2, 0) is 19.1 Å². The van der Waals surface area contributed by atoms with E-state index in [0.29, 0.717) is 37.4 Å². The molecule has 0 aromatic rings. The summed E-state index contributed by atoms with van der Waals surface area (Å²) in [6, 6.07) is 2.01. The first-order chi connectivity index (χ1) is 14.0. The van der Waals surface area contributed by atoms with Gasteiger partial charge in [0.1, 0.15) is 24.2 Å². The van der Waals surface area contributed by atoms with Gasteiger partial charge in [-0.25, -0.2) is 0 Å². The Morgan fingerprint density at radius 2 is 1.97 bits per heavy atom. The van der Waals surface area contributed by atoms with Gasteiger partial charge in [0.05, 0.1) is 0 Å². The first-order valence-corrected chi connectivity index (χ1v) is 11.4. The van der Waals surface area contributed by atoms with E-state index in [-0.39, 0.29) is 35.6 Å². The van der Waals surface area contributed by atoms with Crippen molar-refractivity contribution >= 4 is 17.5 Å². The standard InChI is InChI=1S/C24H33NO5/c1-14(26)30-13-24(29,12-25)20-7-6-18-17-5-4-15-10-16(27)8-9-22(15,2)21(17)19(28)11-23(18,20)3/h15,17-18,20-21,29H,4-11,13H2,1-3H3/t15?,17-,18-,20-,21+,22-,23-,24?/m0/s1. The van der Waals surface area contributed by atoms with Crippen LogP contribution in [0.2, 0.25) is 0 Å². The van der Waals surface area contributed by atoms with Crippen LogP contribution in [0.4, 0.5) is 0 Å². The highest BCUT2D eigenvalue weighted by Crippen LogP contribution is 2.67. The molecule has 0 aliphatic heterocycles. The molecule has 4 aliphatic carbocycles. The van der Waals surface area contributed by atoms with Crippen LogP contribution in [0.3, 0.4) is 0 Å². The first kappa shape index (κ1) is 21.5. The highest BCUT2D eigenvalue weighted by atomic mass is 16.5. The molecular weight excluding hydrogens is 382 g/mol. The van der Waals surface area contributed by atoms with Crippen molar-refractivity contribution in [2.75, 3.05) is 6.61 Å². The van der Waals surface area contributed by atoms with E-state index in [0.717, 1.165) is 25.7 Å². The largest absolute Gasteiger partial charge is 0.462 e. The molecule has 30 heavy (non-hydrogen) atoms. The smallest absolute Gasteiger partial charge is 0.302 e. The van der Waals surface area contributed by atoms with Crippen molar-refractivity contribution in [3.05, 3.63) is 0 Å². The number of hydrogen-bond acceptors (Lipinski definition) is 6. The van der Waals surface area contributed by atoms with Crippen LogP contribution in [-0.4, -0.2) is 34.9 Å². The molecule has 6 nitrogen and oxygen atoms in total. The second kappa shape index (κ2) is 7.15. The predicted octanol–water partition coefficient (Wildman–Crippen LogP) is 3.21. The molecule has 0 aromatic carbocycles. The summed E-state index contributed by atoms with van der Waals surface area (Å²) in [6.45, 7) is 5.19. The number of nitrogens with zero attached hydrogens (tertiary/aromatic N) is 1. The molecule has 0 spiro atoms. The fourth-order valence-electron chi connectivity index (χ4n) is 8.07. The van der Waals surface area contributed by atoms with Crippen molar-refractivity contribution in [3.8, 4) is 6.07 Å². The van der Waals surface area contributed by atoms with Crippen molar-refractivity contribution in [2.45, 2.75) is 77.7 Å². The van der Waals surface area contributed by atoms with Crippen molar-refractivity contribution in [1.82, 2.24) is 0 Å². The van der Waals surface area contributed by atoms with Gasteiger partial charge in [0.15, 0.2) is 5.60 Å². The van der Waals surface area contributed by atoms with Crippen LogP contribution in [0, 0.1) is 51.8 Å². The predicted molar refractivity (Wildman–Crippen MR) is 108 cm³/mol. The summed E-state index contributed by atoms with van der Waals surface area (Å²) >= 11 is 0. The van der Waals surface area contributed by atoms with Crippen LogP contribution in [0.15, 0.2) is 0 Å². The Kier molecular flexibility index (Phi) is 5.12. The van der Waals surface area contributed by atoms with Crippen LogP contribution in [0.25, 0.3) is 0 Å². The Morgan fingerprint density at radius 1 is 1.23 bits per heavy atom. The summed E-state index contributed by atoms with van der Waals surface area (Å²) in [5.74, 6) is 0.416. The van der Waals surface area contributed by atoms with Gasteiger partial charge in [0, 0.05) is 38.0 Å². The molecule has 2 unspecified atom stereocenters. The molecule has 8 atom stereocenters. The zero-order valence-electron chi connectivity index (χ0n) is 18.3. The molecule has 6 heteroatoms. The van der Waals surface area contributed by atoms with Gasteiger partial charge in [-0.05, 0) is 60.7 Å². The Hall–Kier alpha value is -1.74. The molecule has 0 heterocycles. The molecule has 0 amide bonds. The lowest BCUT2D eigenvalue weighted by Gasteiger charge is -2.59. The van der Waals surface area contributed by atoms with Crippen LogP contribution >= 0.6 is 0 Å². The third-order valence-electron chi connectivity index (χ3n) is 9.43. The van der Waals surface area contributed by atoms with E-state index in [1.54, 1.807) is 0 Å². The first-order valence-electron chi connectivity index (χ1n) is 11.4. The maximum absolute atomic E-state index is 13.6. The summed E-state index contributed by atoms with van der Waals surface area (Å²) < 4.78 is 5.04. The normalized spacial score (nSPS) is 44.8. The number of hydrogen-bond donors (Lipinski definition) is 1. The number of Topliss-reactive ketones (excluding diaryl/α,β-unsaturated/α-hetero) is 2. The minimum Gasteiger partial charge on any atom is -0.462 e. The molecule has 0 saturated heterocycles. The highest BCUT2D eigenvalue weighted by Gasteiger charge is 2.66. The number of ether oxygens (including phenoxy) is 1. The second-order valence-electron chi connectivity index (χ2n) is 10.9. The zero-order chi connectivity index (χ0) is 21.9. The fourth-order valence-corrected chi connectivity index (χ4v) is 8.07. The van der Waals surface area contributed by atoms with Crippen molar-refractivity contribution < 1.29 is 24.2 Å². The summed E-state index contributed by atoms with van der Waals surface area (Å²) in [5, 5.41) is 20.9. The van der Waals surface area contributed by atoms with Crippen molar-refractivity contribution in [3.63, 3.8) is 0 Å².